The van der Waals surface area contributed by atoms with Crippen LogP contribution in [-0.2, 0) is 4.79 Å². The van der Waals surface area contributed by atoms with E-state index in [2.05, 4.69) is 0 Å². The first-order chi connectivity index (χ1) is 7.92. The highest BCUT2D eigenvalue weighted by Crippen LogP contribution is 2.45. The lowest BCUT2D eigenvalue weighted by Gasteiger charge is -2.49. The molecule has 0 aromatic carbocycles. The van der Waals surface area contributed by atoms with Crippen LogP contribution in [0.5, 0.6) is 0 Å². The molecule has 0 aromatic rings. The van der Waals surface area contributed by atoms with Crippen LogP contribution in [0.15, 0.2) is 24.3 Å². The van der Waals surface area contributed by atoms with E-state index < -0.39 is 17.1 Å². The second-order valence-electron chi connectivity index (χ2n) is 5.17. The van der Waals surface area contributed by atoms with E-state index in [0.29, 0.717) is 12.8 Å². The molecule has 94 valence electrons. The maximum atomic E-state index is 12.2. The number of alkyl halides is 1. The van der Waals surface area contributed by atoms with E-state index in [1.807, 2.05) is 31.2 Å². The highest BCUT2D eigenvalue weighted by Gasteiger charge is 2.55. The number of hydrogen-bond acceptors (Lipinski definition) is 3. The molecular weight excluding hydrogens is 238 g/mol. The highest BCUT2D eigenvalue weighted by atomic mass is 35.5. The molecule has 4 heteroatoms. The second kappa shape index (κ2) is 4.23. The molecule has 3 nitrogen and oxygen atoms in total. The molecule has 0 amide bonds. The van der Waals surface area contributed by atoms with Crippen molar-refractivity contribution in [3.63, 3.8) is 0 Å². The first kappa shape index (κ1) is 12.8. The third kappa shape index (κ3) is 1.77. The molecule has 0 aromatic heterocycles. The van der Waals surface area contributed by atoms with Gasteiger partial charge in [0.05, 0.1) is 10.9 Å². The second-order valence-corrected chi connectivity index (χ2v) is 5.64. The monoisotopic (exact) mass is 255 g/mol. The molecule has 4 atom stereocenters. The van der Waals surface area contributed by atoms with Crippen LogP contribution in [0.25, 0.3) is 0 Å². The average Bonchev–Trinajstić information content (AvgIpc) is 2.30. The lowest BCUT2D eigenvalue weighted by atomic mass is 9.60. The summed E-state index contributed by atoms with van der Waals surface area (Å²) in [6.45, 7) is 1.89. The zero-order valence-electron chi connectivity index (χ0n) is 9.90. The zero-order chi connectivity index (χ0) is 12.7. The van der Waals surface area contributed by atoms with E-state index in [9.17, 15) is 9.90 Å². The van der Waals surface area contributed by atoms with Crippen LogP contribution in [-0.4, -0.2) is 27.9 Å². The maximum absolute atomic E-state index is 12.2. The SMILES string of the molecule is CC1([C@]2(N)CCC[C@@H](O)C2=O)C=CC=CC1Cl. The van der Waals surface area contributed by atoms with Crippen LogP contribution >= 0.6 is 11.6 Å². The molecule has 0 saturated heterocycles. The molecular formula is C13H18ClNO2. The molecule has 2 aliphatic carbocycles. The van der Waals surface area contributed by atoms with Crippen molar-refractivity contribution < 1.29 is 9.90 Å². The van der Waals surface area contributed by atoms with Gasteiger partial charge in [0.15, 0.2) is 5.78 Å². The van der Waals surface area contributed by atoms with Gasteiger partial charge in [-0.25, -0.2) is 0 Å². The number of allylic oxidation sites excluding steroid dienone is 3. The van der Waals surface area contributed by atoms with Crippen LogP contribution in [0.4, 0.5) is 0 Å². The van der Waals surface area contributed by atoms with E-state index in [4.69, 9.17) is 17.3 Å². The molecule has 2 unspecified atom stereocenters. The van der Waals surface area contributed by atoms with Gasteiger partial charge in [0.2, 0.25) is 0 Å². The Hall–Kier alpha value is -0.640. The predicted octanol–water partition coefficient (Wildman–Crippen LogP) is 1.54. The number of halogens is 1. The lowest BCUT2D eigenvalue weighted by Crippen LogP contribution is -2.66. The fraction of sp³-hybridized carbons (Fsp3) is 0.615. The molecule has 0 radical (unpaired) electrons. The number of aliphatic hydroxyl groups excluding tert-OH is 1. The zero-order valence-corrected chi connectivity index (χ0v) is 10.7. The summed E-state index contributed by atoms with van der Waals surface area (Å²) in [6, 6.07) is 0. The van der Waals surface area contributed by atoms with E-state index in [1.165, 1.54) is 0 Å². The molecule has 0 bridgehead atoms. The number of carbonyl (C=O) groups is 1. The molecule has 0 spiro atoms. The predicted molar refractivity (Wildman–Crippen MR) is 67.8 cm³/mol. The van der Waals surface area contributed by atoms with Crippen LogP contribution in [0.2, 0.25) is 0 Å². The Morgan fingerprint density at radius 2 is 2.24 bits per heavy atom. The molecule has 3 N–H and O–H groups in total. The van der Waals surface area contributed by atoms with E-state index in [1.54, 1.807) is 0 Å². The first-order valence-electron chi connectivity index (χ1n) is 5.93. The van der Waals surface area contributed by atoms with Crippen molar-refractivity contribution in [1.82, 2.24) is 0 Å². The summed E-state index contributed by atoms with van der Waals surface area (Å²) < 4.78 is 0. The molecule has 1 saturated carbocycles. The van der Waals surface area contributed by atoms with E-state index in [-0.39, 0.29) is 11.2 Å². The highest BCUT2D eigenvalue weighted by molar-refractivity contribution is 6.23. The summed E-state index contributed by atoms with van der Waals surface area (Å²) in [5.74, 6) is -0.281. The number of Topliss-reactive ketones (excluding diaryl/α,β-unsaturated/α-hetero) is 1. The number of hydrogen-bond donors (Lipinski definition) is 2. The van der Waals surface area contributed by atoms with Crippen molar-refractivity contribution in [3.8, 4) is 0 Å². The quantitative estimate of drug-likeness (QED) is 0.699. The lowest BCUT2D eigenvalue weighted by molar-refractivity contribution is -0.139. The molecule has 0 heterocycles. The summed E-state index contributed by atoms with van der Waals surface area (Å²) in [7, 11) is 0. The third-order valence-electron chi connectivity index (χ3n) is 4.16. The number of carbonyl (C=O) groups excluding carboxylic acids is 1. The van der Waals surface area contributed by atoms with Crippen molar-refractivity contribution in [1.29, 1.82) is 0 Å². The third-order valence-corrected chi connectivity index (χ3v) is 4.76. The minimum absolute atomic E-state index is 0.281. The van der Waals surface area contributed by atoms with Gasteiger partial charge in [0, 0.05) is 5.41 Å². The van der Waals surface area contributed by atoms with Gasteiger partial charge in [-0.15, -0.1) is 11.6 Å². The summed E-state index contributed by atoms with van der Waals surface area (Å²) in [5, 5.41) is 9.40. The van der Waals surface area contributed by atoms with Gasteiger partial charge >= 0.3 is 0 Å². The van der Waals surface area contributed by atoms with E-state index in [0.717, 1.165) is 6.42 Å². The number of ketones is 1. The molecule has 17 heavy (non-hydrogen) atoms. The molecule has 1 fully saturated rings. The standard InChI is InChI=1S/C13H18ClNO2/c1-12(7-3-2-6-10(12)14)13(15)8-4-5-9(16)11(13)17/h2-3,6-7,9-10,16H,4-5,8,15H2,1H3/t9-,10?,12?,13+/m1/s1. The molecule has 0 aliphatic heterocycles. The van der Waals surface area contributed by atoms with Crippen LogP contribution in [0.1, 0.15) is 26.2 Å². The van der Waals surface area contributed by atoms with Crippen molar-refractivity contribution in [2.45, 2.75) is 43.2 Å². The fourth-order valence-electron chi connectivity index (χ4n) is 2.76. The van der Waals surface area contributed by atoms with Gasteiger partial charge < -0.3 is 10.8 Å². The van der Waals surface area contributed by atoms with Crippen LogP contribution in [0, 0.1) is 5.41 Å². The Morgan fingerprint density at radius 3 is 2.88 bits per heavy atom. The Labute approximate surface area is 106 Å². The van der Waals surface area contributed by atoms with Gasteiger partial charge in [-0.2, -0.15) is 0 Å². The van der Waals surface area contributed by atoms with Gasteiger partial charge in [0.25, 0.3) is 0 Å². The van der Waals surface area contributed by atoms with Crippen molar-refractivity contribution in [3.05, 3.63) is 24.3 Å². The van der Waals surface area contributed by atoms with Crippen molar-refractivity contribution >= 4 is 17.4 Å². The first-order valence-corrected chi connectivity index (χ1v) is 6.37. The largest absolute Gasteiger partial charge is 0.385 e. The normalized spacial score (nSPS) is 46.2. The summed E-state index contributed by atoms with van der Waals surface area (Å²) in [6.07, 6.45) is 8.31. The van der Waals surface area contributed by atoms with Crippen LogP contribution < -0.4 is 5.73 Å². The summed E-state index contributed by atoms with van der Waals surface area (Å²) in [4.78, 5) is 12.2. The Bertz CT molecular complexity index is 393. The van der Waals surface area contributed by atoms with Crippen LogP contribution in [0.3, 0.4) is 0 Å². The minimum atomic E-state index is -1.07. The fourth-order valence-corrected chi connectivity index (χ4v) is 3.12. The van der Waals surface area contributed by atoms with Gasteiger partial charge in [-0.1, -0.05) is 31.2 Å². The Morgan fingerprint density at radius 1 is 1.53 bits per heavy atom. The Balaban J connectivity index is 2.40. The number of nitrogens with two attached hydrogens (primary N) is 1. The smallest absolute Gasteiger partial charge is 0.181 e. The topological polar surface area (TPSA) is 63.3 Å². The molecule has 2 rings (SSSR count). The molecule has 2 aliphatic rings. The number of rotatable bonds is 1. The summed E-state index contributed by atoms with van der Waals surface area (Å²) in [5.41, 5.74) is 4.61. The van der Waals surface area contributed by atoms with Crippen molar-refractivity contribution in [2.75, 3.05) is 0 Å². The summed E-state index contributed by atoms with van der Waals surface area (Å²) >= 11 is 6.31. The average molecular weight is 256 g/mol. The Kier molecular flexibility index (Phi) is 3.19. The van der Waals surface area contributed by atoms with Crippen molar-refractivity contribution in [2.24, 2.45) is 11.1 Å². The van der Waals surface area contributed by atoms with Gasteiger partial charge in [-0.3, -0.25) is 4.79 Å². The van der Waals surface area contributed by atoms with E-state index >= 15 is 0 Å². The van der Waals surface area contributed by atoms with Gasteiger partial charge in [0.1, 0.15) is 6.10 Å². The maximum Gasteiger partial charge on any atom is 0.181 e. The van der Waals surface area contributed by atoms with Gasteiger partial charge in [-0.05, 0) is 19.3 Å². The number of aliphatic hydroxyl groups is 1. The minimum Gasteiger partial charge on any atom is -0.385 e.